The van der Waals surface area contributed by atoms with E-state index in [-0.39, 0.29) is 24.1 Å². The number of imidazole rings is 1. The van der Waals surface area contributed by atoms with Crippen LogP contribution in [0.3, 0.4) is 0 Å². The standard InChI is InChI=1S/C22H23F2N5O/c1-22(2)13-28-18(12-29(22)19(30)11-25)27-20(14-3-5-15(23)6-4-14)21(28)26-17-9-7-16(24)8-10-17/h3-10,26H,11-13,25H2,1-2H3. The van der Waals surface area contributed by atoms with Crippen LogP contribution in [0, 0.1) is 11.6 Å². The van der Waals surface area contributed by atoms with Crippen molar-refractivity contribution in [3.05, 3.63) is 66.0 Å². The van der Waals surface area contributed by atoms with Crippen molar-refractivity contribution in [2.45, 2.75) is 32.5 Å². The number of rotatable bonds is 4. The Morgan fingerprint density at radius 1 is 1.10 bits per heavy atom. The number of hydrogen-bond acceptors (Lipinski definition) is 4. The minimum Gasteiger partial charge on any atom is -0.340 e. The average molecular weight is 411 g/mol. The van der Waals surface area contributed by atoms with E-state index >= 15 is 0 Å². The predicted octanol–water partition coefficient (Wildman–Crippen LogP) is 3.65. The molecular weight excluding hydrogens is 388 g/mol. The fraction of sp³-hybridized carbons (Fsp3) is 0.273. The molecule has 0 saturated heterocycles. The number of anilines is 2. The second-order valence-electron chi connectivity index (χ2n) is 7.95. The van der Waals surface area contributed by atoms with Crippen molar-refractivity contribution in [3.8, 4) is 11.3 Å². The Labute approximate surface area is 173 Å². The van der Waals surface area contributed by atoms with Crippen LogP contribution in [0.5, 0.6) is 0 Å². The van der Waals surface area contributed by atoms with E-state index in [1.807, 2.05) is 18.4 Å². The number of carbonyl (C=O) groups excluding carboxylic acids is 1. The molecule has 8 heteroatoms. The molecule has 3 N–H and O–H groups in total. The van der Waals surface area contributed by atoms with Gasteiger partial charge in [0.1, 0.15) is 29.0 Å². The van der Waals surface area contributed by atoms with Crippen LogP contribution < -0.4 is 11.1 Å². The third kappa shape index (κ3) is 3.66. The van der Waals surface area contributed by atoms with Crippen molar-refractivity contribution < 1.29 is 13.6 Å². The maximum atomic E-state index is 13.5. The van der Waals surface area contributed by atoms with E-state index < -0.39 is 5.54 Å². The Hall–Kier alpha value is -3.26. The summed E-state index contributed by atoms with van der Waals surface area (Å²) >= 11 is 0. The average Bonchev–Trinajstić information content (AvgIpc) is 3.05. The summed E-state index contributed by atoms with van der Waals surface area (Å²) < 4.78 is 28.8. The molecule has 0 bridgehead atoms. The van der Waals surface area contributed by atoms with E-state index in [0.29, 0.717) is 36.1 Å². The van der Waals surface area contributed by atoms with Gasteiger partial charge >= 0.3 is 0 Å². The fourth-order valence-electron chi connectivity index (χ4n) is 3.76. The molecule has 1 amide bonds. The molecule has 156 valence electrons. The Balaban J connectivity index is 1.82. The van der Waals surface area contributed by atoms with Gasteiger partial charge in [-0.25, -0.2) is 13.8 Å². The number of carbonyl (C=O) groups is 1. The number of hydrogen-bond donors (Lipinski definition) is 2. The van der Waals surface area contributed by atoms with Gasteiger partial charge < -0.3 is 20.5 Å². The van der Waals surface area contributed by atoms with Crippen molar-refractivity contribution in [2.24, 2.45) is 5.73 Å². The van der Waals surface area contributed by atoms with Crippen molar-refractivity contribution in [1.29, 1.82) is 0 Å². The highest BCUT2D eigenvalue weighted by atomic mass is 19.1. The summed E-state index contributed by atoms with van der Waals surface area (Å²) in [5, 5.41) is 3.33. The third-order valence-electron chi connectivity index (χ3n) is 5.32. The zero-order valence-corrected chi connectivity index (χ0v) is 16.8. The van der Waals surface area contributed by atoms with Crippen LogP contribution >= 0.6 is 0 Å². The number of nitrogens with two attached hydrogens (primary N) is 1. The number of nitrogens with one attached hydrogen (secondary N) is 1. The third-order valence-corrected chi connectivity index (χ3v) is 5.32. The summed E-state index contributed by atoms with van der Waals surface area (Å²) in [5.41, 5.74) is 7.18. The maximum Gasteiger partial charge on any atom is 0.237 e. The lowest BCUT2D eigenvalue weighted by Crippen LogP contribution is -2.55. The van der Waals surface area contributed by atoms with Gasteiger partial charge in [0, 0.05) is 17.8 Å². The predicted molar refractivity (Wildman–Crippen MR) is 111 cm³/mol. The molecule has 2 aromatic carbocycles. The normalized spacial score (nSPS) is 15.0. The first-order valence-electron chi connectivity index (χ1n) is 9.67. The molecule has 1 aromatic heterocycles. The molecule has 0 atom stereocenters. The number of aromatic nitrogens is 2. The molecule has 2 heterocycles. The van der Waals surface area contributed by atoms with Gasteiger partial charge in [-0.05, 0) is 62.4 Å². The lowest BCUT2D eigenvalue weighted by Gasteiger charge is -2.42. The topological polar surface area (TPSA) is 76.2 Å². The molecule has 0 spiro atoms. The Bertz CT molecular complexity index is 1070. The number of halogens is 2. The number of benzene rings is 2. The van der Waals surface area contributed by atoms with E-state index in [0.717, 1.165) is 5.56 Å². The molecule has 1 aliphatic heterocycles. The first-order valence-corrected chi connectivity index (χ1v) is 9.67. The molecule has 3 aromatic rings. The number of nitrogens with zero attached hydrogens (tertiary/aromatic N) is 3. The molecule has 0 aliphatic carbocycles. The molecule has 30 heavy (non-hydrogen) atoms. The summed E-state index contributed by atoms with van der Waals surface area (Å²) in [6.45, 7) is 4.68. The summed E-state index contributed by atoms with van der Waals surface area (Å²) in [6.07, 6.45) is 0. The molecule has 4 rings (SSSR count). The van der Waals surface area contributed by atoms with Crippen LogP contribution in [0.25, 0.3) is 11.3 Å². The van der Waals surface area contributed by atoms with Gasteiger partial charge in [-0.15, -0.1) is 0 Å². The highest BCUT2D eigenvalue weighted by Gasteiger charge is 2.38. The van der Waals surface area contributed by atoms with Crippen LogP contribution in [0.15, 0.2) is 48.5 Å². The second-order valence-corrected chi connectivity index (χ2v) is 7.95. The van der Waals surface area contributed by atoms with E-state index in [4.69, 9.17) is 10.7 Å². The highest BCUT2D eigenvalue weighted by Crippen LogP contribution is 2.36. The molecule has 0 saturated carbocycles. The summed E-state index contributed by atoms with van der Waals surface area (Å²) in [7, 11) is 0. The molecule has 6 nitrogen and oxygen atoms in total. The van der Waals surface area contributed by atoms with Crippen molar-refractivity contribution >= 4 is 17.4 Å². The SMILES string of the molecule is CC1(C)Cn2c(nc(-c3ccc(F)cc3)c2Nc2ccc(F)cc2)CN1C(=O)CN. The Morgan fingerprint density at radius 2 is 1.70 bits per heavy atom. The van der Waals surface area contributed by atoms with Crippen LogP contribution in [0.2, 0.25) is 0 Å². The Morgan fingerprint density at radius 3 is 2.30 bits per heavy atom. The van der Waals surface area contributed by atoms with Crippen LogP contribution in [-0.4, -0.2) is 32.4 Å². The first kappa shape index (κ1) is 20.0. The van der Waals surface area contributed by atoms with Gasteiger partial charge in [0.25, 0.3) is 0 Å². The molecule has 0 fully saturated rings. The minimum absolute atomic E-state index is 0.0738. The number of fused-ring (bicyclic) bond motifs is 1. The fourth-order valence-corrected chi connectivity index (χ4v) is 3.76. The maximum absolute atomic E-state index is 13.5. The van der Waals surface area contributed by atoms with Crippen molar-refractivity contribution in [1.82, 2.24) is 14.5 Å². The van der Waals surface area contributed by atoms with Gasteiger partial charge in [-0.2, -0.15) is 0 Å². The van der Waals surface area contributed by atoms with E-state index in [9.17, 15) is 13.6 Å². The molecule has 0 radical (unpaired) electrons. The van der Waals surface area contributed by atoms with Gasteiger partial charge in [-0.3, -0.25) is 4.79 Å². The Kier molecular flexibility index (Phi) is 5.03. The van der Waals surface area contributed by atoms with Crippen LogP contribution in [0.4, 0.5) is 20.3 Å². The van der Waals surface area contributed by atoms with Crippen molar-refractivity contribution in [2.75, 3.05) is 11.9 Å². The monoisotopic (exact) mass is 411 g/mol. The summed E-state index contributed by atoms with van der Waals surface area (Å²) in [6, 6.07) is 12.1. The van der Waals surface area contributed by atoms with E-state index in [1.165, 1.54) is 24.3 Å². The molecule has 1 aliphatic rings. The van der Waals surface area contributed by atoms with Gasteiger partial charge in [-0.1, -0.05) is 0 Å². The lowest BCUT2D eigenvalue weighted by atomic mass is 9.99. The largest absolute Gasteiger partial charge is 0.340 e. The van der Waals surface area contributed by atoms with Crippen LogP contribution in [0.1, 0.15) is 19.7 Å². The molecule has 0 unspecified atom stereocenters. The zero-order valence-electron chi connectivity index (χ0n) is 16.8. The van der Waals surface area contributed by atoms with E-state index in [2.05, 4.69) is 5.32 Å². The van der Waals surface area contributed by atoms with Crippen molar-refractivity contribution in [3.63, 3.8) is 0 Å². The zero-order chi connectivity index (χ0) is 21.5. The minimum atomic E-state index is -0.483. The molecular formula is C22H23F2N5O. The highest BCUT2D eigenvalue weighted by molar-refractivity contribution is 5.80. The smallest absolute Gasteiger partial charge is 0.237 e. The van der Waals surface area contributed by atoms with Crippen LogP contribution in [-0.2, 0) is 17.9 Å². The van der Waals surface area contributed by atoms with Gasteiger partial charge in [0.2, 0.25) is 5.91 Å². The lowest BCUT2D eigenvalue weighted by molar-refractivity contribution is -0.137. The summed E-state index contributed by atoms with van der Waals surface area (Å²) in [5.74, 6) is 0.588. The number of amides is 1. The summed E-state index contributed by atoms with van der Waals surface area (Å²) in [4.78, 5) is 18.9. The first-order chi connectivity index (χ1) is 14.3. The second kappa shape index (κ2) is 7.53. The van der Waals surface area contributed by atoms with E-state index in [1.54, 1.807) is 29.2 Å². The van der Waals surface area contributed by atoms with Gasteiger partial charge in [0.05, 0.1) is 18.6 Å². The van der Waals surface area contributed by atoms with Gasteiger partial charge in [0.15, 0.2) is 0 Å². The quantitative estimate of drug-likeness (QED) is 0.687.